The monoisotopic (exact) mass is 307 g/mol. The second kappa shape index (κ2) is 9.00. The van der Waals surface area contributed by atoms with Crippen molar-refractivity contribution in [3.63, 3.8) is 0 Å². The summed E-state index contributed by atoms with van der Waals surface area (Å²) in [5, 5.41) is 0. The zero-order valence-corrected chi connectivity index (χ0v) is 13.4. The van der Waals surface area contributed by atoms with E-state index in [1.165, 1.54) is 32.1 Å². The van der Waals surface area contributed by atoms with E-state index in [1.54, 1.807) is 0 Å². The minimum atomic E-state index is 0.415. The molecule has 1 aliphatic rings. The summed E-state index contributed by atoms with van der Waals surface area (Å²) in [6, 6.07) is 7.57. The van der Waals surface area contributed by atoms with Gasteiger partial charge in [0.1, 0.15) is 10.7 Å². The lowest BCUT2D eigenvalue weighted by Gasteiger charge is -2.21. The summed E-state index contributed by atoms with van der Waals surface area (Å²) in [5.41, 5.74) is 6.42. The van der Waals surface area contributed by atoms with Crippen LogP contribution in [0, 0.1) is 5.92 Å². The van der Waals surface area contributed by atoms with Gasteiger partial charge in [-0.05, 0) is 43.0 Å². The Morgan fingerprint density at radius 2 is 1.81 bits per heavy atom. The average Bonchev–Trinajstić information content (AvgIpc) is 2.52. The topological polar surface area (TPSA) is 44.5 Å². The molecule has 1 aromatic carbocycles. The molecule has 0 aliphatic heterocycles. The molecule has 0 saturated heterocycles. The number of nitrogens with two attached hydrogens (primary N) is 1. The molecule has 116 valence electrons. The van der Waals surface area contributed by atoms with E-state index in [9.17, 15) is 0 Å². The molecule has 4 heteroatoms. The van der Waals surface area contributed by atoms with Crippen molar-refractivity contribution in [2.24, 2.45) is 11.7 Å². The average molecular weight is 307 g/mol. The zero-order valence-electron chi connectivity index (χ0n) is 12.6. The van der Waals surface area contributed by atoms with E-state index in [1.807, 2.05) is 24.3 Å². The molecule has 0 amide bonds. The lowest BCUT2D eigenvalue weighted by molar-refractivity contribution is 0.0766. The number of hydrogen-bond acceptors (Lipinski definition) is 3. The van der Waals surface area contributed by atoms with Crippen molar-refractivity contribution in [1.29, 1.82) is 0 Å². The van der Waals surface area contributed by atoms with E-state index in [0.717, 1.165) is 36.9 Å². The van der Waals surface area contributed by atoms with Crippen LogP contribution in [-0.4, -0.2) is 24.8 Å². The van der Waals surface area contributed by atoms with E-state index in [-0.39, 0.29) is 0 Å². The number of ether oxygens (including phenoxy) is 2. The summed E-state index contributed by atoms with van der Waals surface area (Å²) < 4.78 is 11.4. The fraction of sp³-hybridized carbons (Fsp3) is 0.588. The van der Waals surface area contributed by atoms with Crippen molar-refractivity contribution in [3.05, 3.63) is 29.8 Å². The Hall–Kier alpha value is -1.13. The molecule has 0 aromatic heterocycles. The maximum Gasteiger partial charge on any atom is 0.119 e. The van der Waals surface area contributed by atoms with Crippen molar-refractivity contribution in [2.75, 3.05) is 19.8 Å². The van der Waals surface area contributed by atoms with Crippen LogP contribution in [0.1, 0.15) is 44.1 Å². The minimum absolute atomic E-state index is 0.415. The van der Waals surface area contributed by atoms with Crippen LogP contribution >= 0.6 is 12.2 Å². The molecule has 1 aliphatic carbocycles. The molecular formula is C17H25NO2S. The van der Waals surface area contributed by atoms with Gasteiger partial charge in [0, 0.05) is 25.2 Å². The highest BCUT2D eigenvalue weighted by Gasteiger charge is 2.12. The summed E-state index contributed by atoms with van der Waals surface area (Å²) in [4.78, 5) is 0.415. The molecule has 21 heavy (non-hydrogen) atoms. The van der Waals surface area contributed by atoms with Crippen molar-refractivity contribution < 1.29 is 9.47 Å². The van der Waals surface area contributed by atoms with Gasteiger partial charge in [-0.25, -0.2) is 0 Å². The smallest absolute Gasteiger partial charge is 0.119 e. The van der Waals surface area contributed by atoms with Crippen molar-refractivity contribution in [1.82, 2.24) is 0 Å². The highest BCUT2D eigenvalue weighted by molar-refractivity contribution is 7.80. The normalized spacial score (nSPS) is 15.8. The van der Waals surface area contributed by atoms with Crippen LogP contribution in [0.4, 0.5) is 0 Å². The second-order valence-electron chi connectivity index (χ2n) is 5.67. The quantitative estimate of drug-likeness (QED) is 0.588. The van der Waals surface area contributed by atoms with E-state index >= 15 is 0 Å². The van der Waals surface area contributed by atoms with Gasteiger partial charge in [0.2, 0.25) is 0 Å². The van der Waals surface area contributed by atoms with Gasteiger partial charge in [-0.1, -0.05) is 31.5 Å². The van der Waals surface area contributed by atoms with Gasteiger partial charge >= 0.3 is 0 Å². The summed E-state index contributed by atoms with van der Waals surface area (Å²) in [7, 11) is 0. The van der Waals surface area contributed by atoms with Crippen LogP contribution in [0.3, 0.4) is 0 Å². The first-order valence-corrected chi connectivity index (χ1v) is 8.27. The Morgan fingerprint density at radius 3 is 2.48 bits per heavy atom. The molecule has 1 aromatic rings. The first kappa shape index (κ1) is 16.2. The molecule has 1 saturated carbocycles. The molecule has 2 rings (SSSR count). The largest absolute Gasteiger partial charge is 0.494 e. The van der Waals surface area contributed by atoms with Gasteiger partial charge in [-0.2, -0.15) is 0 Å². The molecule has 0 atom stereocenters. The highest BCUT2D eigenvalue weighted by atomic mass is 32.1. The van der Waals surface area contributed by atoms with Gasteiger partial charge < -0.3 is 15.2 Å². The van der Waals surface area contributed by atoms with Gasteiger partial charge in [-0.3, -0.25) is 0 Å². The number of rotatable bonds is 8. The highest BCUT2D eigenvalue weighted by Crippen LogP contribution is 2.23. The lowest BCUT2D eigenvalue weighted by Crippen LogP contribution is -2.14. The number of thiocarbonyl (C=S) groups is 1. The fourth-order valence-electron chi connectivity index (χ4n) is 2.67. The van der Waals surface area contributed by atoms with E-state index in [4.69, 9.17) is 27.4 Å². The van der Waals surface area contributed by atoms with Crippen molar-refractivity contribution in [3.8, 4) is 5.75 Å². The van der Waals surface area contributed by atoms with Gasteiger partial charge in [-0.15, -0.1) is 0 Å². The summed E-state index contributed by atoms with van der Waals surface area (Å²) in [5.74, 6) is 1.63. The lowest BCUT2D eigenvalue weighted by atomic mass is 9.90. The van der Waals surface area contributed by atoms with Crippen LogP contribution in [-0.2, 0) is 4.74 Å². The summed E-state index contributed by atoms with van der Waals surface area (Å²) >= 11 is 4.91. The number of hydrogen-bond donors (Lipinski definition) is 1. The van der Waals surface area contributed by atoms with Gasteiger partial charge in [0.25, 0.3) is 0 Å². The molecule has 3 nitrogen and oxygen atoms in total. The van der Waals surface area contributed by atoms with Crippen LogP contribution in [0.2, 0.25) is 0 Å². The Bertz CT molecular complexity index is 427. The Kier molecular flexibility index (Phi) is 6.96. The number of benzene rings is 1. The van der Waals surface area contributed by atoms with Gasteiger partial charge in [0.15, 0.2) is 0 Å². The Labute approximate surface area is 132 Å². The minimum Gasteiger partial charge on any atom is -0.494 e. The molecular weight excluding hydrogens is 282 g/mol. The Balaban J connectivity index is 1.54. The second-order valence-corrected chi connectivity index (χ2v) is 6.11. The fourth-order valence-corrected chi connectivity index (χ4v) is 2.81. The molecule has 1 fully saturated rings. The Morgan fingerprint density at radius 1 is 1.10 bits per heavy atom. The third kappa shape index (κ3) is 6.02. The molecule has 0 unspecified atom stereocenters. The summed E-state index contributed by atoms with van der Waals surface area (Å²) in [6.45, 7) is 2.38. The SMILES string of the molecule is NC(=S)c1ccc(OCCCOCC2CCCCC2)cc1. The first-order valence-electron chi connectivity index (χ1n) is 7.86. The molecule has 0 radical (unpaired) electrons. The third-order valence-corrected chi connectivity index (χ3v) is 4.15. The maximum absolute atomic E-state index is 5.75. The molecule has 0 bridgehead atoms. The molecule has 0 spiro atoms. The van der Waals surface area contributed by atoms with Crippen LogP contribution < -0.4 is 10.5 Å². The van der Waals surface area contributed by atoms with Crippen LogP contribution in [0.5, 0.6) is 5.75 Å². The molecule has 2 N–H and O–H groups in total. The van der Waals surface area contributed by atoms with Crippen molar-refractivity contribution in [2.45, 2.75) is 38.5 Å². The summed E-state index contributed by atoms with van der Waals surface area (Å²) in [6.07, 6.45) is 7.75. The predicted octanol–water partition coefficient (Wildman–Crippen LogP) is 3.69. The van der Waals surface area contributed by atoms with Crippen molar-refractivity contribution >= 4 is 17.2 Å². The third-order valence-electron chi connectivity index (χ3n) is 3.92. The van der Waals surface area contributed by atoms with Crippen LogP contribution in [0.25, 0.3) is 0 Å². The van der Waals surface area contributed by atoms with E-state index in [2.05, 4.69) is 0 Å². The van der Waals surface area contributed by atoms with E-state index in [0.29, 0.717) is 11.6 Å². The maximum atomic E-state index is 5.75. The predicted molar refractivity (Wildman–Crippen MR) is 89.8 cm³/mol. The van der Waals surface area contributed by atoms with Crippen LogP contribution in [0.15, 0.2) is 24.3 Å². The first-order chi connectivity index (χ1) is 10.3. The zero-order chi connectivity index (χ0) is 14.9. The molecule has 0 heterocycles. The van der Waals surface area contributed by atoms with E-state index < -0.39 is 0 Å². The standard InChI is InChI=1S/C17H25NO2S/c18-17(21)15-7-9-16(10-8-15)20-12-4-11-19-13-14-5-2-1-3-6-14/h7-10,14H,1-6,11-13H2,(H2,18,21). The van der Waals surface area contributed by atoms with Gasteiger partial charge in [0.05, 0.1) is 6.61 Å².